The van der Waals surface area contributed by atoms with Crippen molar-refractivity contribution in [3.63, 3.8) is 0 Å². The van der Waals surface area contributed by atoms with Crippen molar-refractivity contribution < 1.29 is 37.3 Å². The van der Waals surface area contributed by atoms with Crippen molar-refractivity contribution in [3.05, 3.63) is 53.6 Å². The number of benzene rings is 2. The second-order valence-corrected chi connectivity index (χ2v) is 7.19. The number of halogens is 3. The summed E-state index contributed by atoms with van der Waals surface area (Å²) in [7, 11) is 0. The number of hydrogen-bond donors (Lipinski definition) is 6. The van der Waals surface area contributed by atoms with E-state index in [9.17, 15) is 18.0 Å². The molecule has 13 heteroatoms. The summed E-state index contributed by atoms with van der Waals surface area (Å²) in [6.45, 7) is 6.21. The molecule has 2 aromatic carbocycles. The molecular formula is C22H28F3N5O5. The van der Waals surface area contributed by atoms with Gasteiger partial charge in [0.2, 0.25) is 0 Å². The first-order valence-corrected chi connectivity index (χ1v) is 10.2. The highest BCUT2D eigenvalue weighted by Gasteiger charge is 2.38. The van der Waals surface area contributed by atoms with E-state index in [4.69, 9.17) is 36.4 Å². The summed E-state index contributed by atoms with van der Waals surface area (Å²) >= 11 is 0. The lowest BCUT2D eigenvalue weighted by Gasteiger charge is -2.21. The minimum absolute atomic E-state index is 0.00823. The number of alkyl halides is 3. The number of nitrogens with two attached hydrogens (primary N) is 2. The van der Waals surface area contributed by atoms with Crippen LogP contribution >= 0.6 is 0 Å². The van der Waals surface area contributed by atoms with Crippen LogP contribution in [-0.4, -0.2) is 41.7 Å². The van der Waals surface area contributed by atoms with Gasteiger partial charge in [-0.05, 0) is 62.7 Å². The molecule has 0 aliphatic carbocycles. The van der Waals surface area contributed by atoms with E-state index in [0.29, 0.717) is 34.9 Å². The Morgan fingerprint density at radius 1 is 1.11 bits per heavy atom. The highest BCUT2D eigenvalue weighted by molar-refractivity contribution is 5.95. The van der Waals surface area contributed by atoms with Crippen molar-refractivity contribution in [3.8, 4) is 11.5 Å². The Labute approximate surface area is 199 Å². The molecule has 8 N–H and O–H groups in total. The minimum atomic E-state index is -5.08. The fourth-order valence-corrected chi connectivity index (χ4v) is 2.62. The van der Waals surface area contributed by atoms with Crippen molar-refractivity contribution in [1.82, 2.24) is 5.43 Å². The topological polar surface area (TPSA) is 173 Å². The molecule has 0 heterocycles. The highest BCUT2D eigenvalue weighted by Crippen LogP contribution is 2.32. The summed E-state index contributed by atoms with van der Waals surface area (Å²) < 4.78 is 43.2. The number of ether oxygens (including phenoxy) is 2. The molecule has 0 radical (unpaired) electrons. The van der Waals surface area contributed by atoms with Crippen LogP contribution in [0.1, 0.15) is 37.9 Å². The van der Waals surface area contributed by atoms with Gasteiger partial charge in [-0.3, -0.25) is 15.6 Å². The van der Waals surface area contributed by atoms with E-state index in [1.165, 1.54) is 0 Å². The first kappa shape index (κ1) is 29.0. The number of aliphatic carboxylic acids is 1. The average molecular weight is 499 g/mol. The van der Waals surface area contributed by atoms with Crippen LogP contribution in [0.25, 0.3) is 0 Å². The van der Waals surface area contributed by atoms with Crippen LogP contribution in [0, 0.1) is 5.41 Å². The molecule has 35 heavy (non-hydrogen) atoms. The van der Waals surface area contributed by atoms with Gasteiger partial charge in [0.1, 0.15) is 11.9 Å². The molecule has 192 valence electrons. The van der Waals surface area contributed by atoms with Gasteiger partial charge in [0, 0.05) is 11.3 Å². The summed E-state index contributed by atoms with van der Waals surface area (Å²) in [6.07, 6.45) is -5.09. The number of nitrogen functional groups attached to an aromatic ring is 1. The lowest BCUT2D eigenvalue weighted by atomic mass is 10.0. The first-order chi connectivity index (χ1) is 16.3. The Bertz CT molecular complexity index is 1010. The van der Waals surface area contributed by atoms with Crippen LogP contribution in [0.3, 0.4) is 0 Å². The molecule has 0 saturated carbocycles. The number of hydrogen-bond acceptors (Lipinski definition) is 7. The molecule has 0 saturated heterocycles. The molecule has 0 fully saturated rings. The first-order valence-electron chi connectivity index (χ1n) is 10.2. The zero-order valence-corrected chi connectivity index (χ0v) is 19.3. The standard InChI is InChI=1S/C20H27N5O3.C2HF3O2/c1-4-27-17-11-14(7-10-16(17)28-12(2)3)18(20(26)25-23)24-15-8-5-13(6-9-15)19(21)22;3-2(4,5)1(6)7/h5-12,18,24H,4,23H2,1-3H3,(H3,21,22)(H,25,26);(H,6,7). The van der Waals surface area contributed by atoms with E-state index in [1.807, 2.05) is 20.8 Å². The van der Waals surface area contributed by atoms with E-state index in [1.54, 1.807) is 42.5 Å². The Kier molecular flexibility index (Phi) is 10.8. The summed E-state index contributed by atoms with van der Waals surface area (Å²) in [6, 6.07) is 11.5. The van der Waals surface area contributed by atoms with E-state index >= 15 is 0 Å². The van der Waals surface area contributed by atoms with E-state index in [0.717, 1.165) is 0 Å². The van der Waals surface area contributed by atoms with Gasteiger partial charge in [0.05, 0.1) is 12.7 Å². The zero-order valence-electron chi connectivity index (χ0n) is 19.3. The van der Waals surface area contributed by atoms with Gasteiger partial charge in [-0.15, -0.1) is 0 Å². The van der Waals surface area contributed by atoms with Gasteiger partial charge in [0.15, 0.2) is 11.5 Å². The molecular weight excluding hydrogens is 471 g/mol. The lowest BCUT2D eigenvalue weighted by molar-refractivity contribution is -0.192. The van der Waals surface area contributed by atoms with Crippen LogP contribution < -0.4 is 31.8 Å². The molecule has 0 aliphatic rings. The number of anilines is 1. The van der Waals surface area contributed by atoms with Gasteiger partial charge in [0.25, 0.3) is 5.91 Å². The summed E-state index contributed by atoms with van der Waals surface area (Å²) in [5.41, 5.74) is 9.60. The van der Waals surface area contributed by atoms with Crippen molar-refractivity contribution in [2.24, 2.45) is 11.6 Å². The van der Waals surface area contributed by atoms with Crippen LogP contribution in [-0.2, 0) is 9.59 Å². The number of hydrazine groups is 1. The van der Waals surface area contributed by atoms with Crippen molar-refractivity contribution in [2.45, 2.75) is 39.1 Å². The normalized spacial score (nSPS) is 11.5. The molecule has 1 atom stereocenters. The Balaban J connectivity index is 0.000000762. The third-order valence-electron chi connectivity index (χ3n) is 4.12. The maximum absolute atomic E-state index is 12.4. The van der Waals surface area contributed by atoms with Gasteiger partial charge < -0.3 is 25.6 Å². The summed E-state index contributed by atoms with van der Waals surface area (Å²) in [5, 5.41) is 17.7. The summed E-state index contributed by atoms with van der Waals surface area (Å²) in [5.74, 6) is 3.36. The van der Waals surface area contributed by atoms with E-state index < -0.39 is 24.1 Å². The number of carboxylic acids is 1. The van der Waals surface area contributed by atoms with Gasteiger partial charge in [-0.25, -0.2) is 10.6 Å². The SMILES string of the molecule is CCOc1cc(C(Nc2ccc(C(=N)N)cc2)C(=O)NN)ccc1OC(C)C.O=C(O)C(F)(F)F. The zero-order chi connectivity index (χ0) is 26.8. The highest BCUT2D eigenvalue weighted by atomic mass is 19.4. The maximum atomic E-state index is 12.4. The third-order valence-corrected chi connectivity index (χ3v) is 4.12. The number of carbonyl (C=O) groups is 2. The number of carbonyl (C=O) groups excluding carboxylic acids is 1. The van der Waals surface area contributed by atoms with E-state index in [-0.39, 0.29) is 11.9 Å². The molecule has 0 spiro atoms. The number of rotatable bonds is 9. The fraction of sp³-hybridized carbons (Fsp3) is 0.318. The molecule has 0 aliphatic heterocycles. The second-order valence-electron chi connectivity index (χ2n) is 7.19. The van der Waals surface area contributed by atoms with Gasteiger partial charge in [-0.2, -0.15) is 13.2 Å². The second kappa shape index (κ2) is 13.0. The predicted molar refractivity (Wildman–Crippen MR) is 123 cm³/mol. The lowest BCUT2D eigenvalue weighted by Crippen LogP contribution is -2.37. The van der Waals surface area contributed by atoms with Crippen molar-refractivity contribution in [1.29, 1.82) is 5.41 Å². The van der Waals surface area contributed by atoms with Gasteiger partial charge >= 0.3 is 12.1 Å². The van der Waals surface area contributed by atoms with Crippen LogP contribution in [0.15, 0.2) is 42.5 Å². The van der Waals surface area contributed by atoms with Crippen LogP contribution in [0.4, 0.5) is 18.9 Å². The molecule has 0 aromatic heterocycles. The quantitative estimate of drug-likeness (QED) is 0.100. The number of amidine groups is 1. The maximum Gasteiger partial charge on any atom is 0.490 e. The fourth-order valence-electron chi connectivity index (χ4n) is 2.62. The van der Waals surface area contributed by atoms with Crippen LogP contribution in [0.5, 0.6) is 11.5 Å². The van der Waals surface area contributed by atoms with Crippen molar-refractivity contribution >= 4 is 23.4 Å². The Morgan fingerprint density at radius 2 is 1.69 bits per heavy atom. The summed E-state index contributed by atoms with van der Waals surface area (Å²) in [4.78, 5) is 21.3. The third kappa shape index (κ3) is 9.41. The predicted octanol–water partition coefficient (Wildman–Crippen LogP) is 2.93. The number of carboxylic acid groups (broad SMARTS) is 1. The minimum Gasteiger partial charge on any atom is -0.490 e. The molecule has 2 aromatic rings. The average Bonchev–Trinajstić information content (AvgIpc) is 2.78. The molecule has 1 unspecified atom stereocenters. The smallest absolute Gasteiger partial charge is 0.490 e. The Morgan fingerprint density at radius 3 is 2.11 bits per heavy atom. The van der Waals surface area contributed by atoms with Gasteiger partial charge in [-0.1, -0.05) is 6.07 Å². The number of nitrogens with one attached hydrogen (secondary N) is 3. The Hall–Kier alpha value is -4.00. The monoisotopic (exact) mass is 499 g/mol. The van der Waals surface area contributed by atoms with E-state index in [2.05, 4.69) is 10.7 Å². The van der Waals surface area contributed by atoms with Crippen LogP contribution in [0.2, 0.25) is 0 Å². The molecule has 10 nitrogen and oxygen atoms in total. The molecule has 1 amide bonds. The molecule has 0 bridgehead atoms. The van der Waals surface area contributed by atoms with Crippen molar-refractivity contribution in [2.75, 3.05) is 11.9 Å². The molecule has 2 rings (SSSR count). The largest absolute Gasteiger partial charge is 0.490 e. The number of amides is 1.